The normalized spacial score (nSPS) is 10.5. The number of amides is 2. The van der Waals surface area contributed by atoms with E-state index in [9.17, 15) is 9.59 Å². The number of unbranched alkanes of at least 4 members (excludes halogenated alkanes) is 1. The molecule has 0 unspecified atom stereocenters. The molecule has 5 nitrogen and oxygen atoms in total. The number of esters is 1. The number of hydrogen-bond donors (Lipinski definition) is 2. The Morgan fingerprint density at radius 3 is 2.77 bits per heavy atom. The van der Waals surface area contributed by atoms with Crippen molar-refractivity contribution in [1.29, 1.82) is 0 Å². The molecule has 2 aromatic rings. The van der Waals surface area contributed by atoms with E-state index in [0.717, 1.165) is 28.2 Å². The Kier molecular flexibility index (Phi) is 6.04. The Balaban J connectivity index is 2.06. The molecule has 6 heteroatoms. The second-order valence-corrected chi connectivity index (χ2v) is 7.09. The van der Waals surface area contributed by atoms with E-state index in [2.05, 4.69) is 17.6 Å². The number of urea groups is 1. The van der Waals surface area contributed by atoms with E-state index in [4.69, 9.17) is 4.74 Å². The average molecular weight is 367 g/mol. The molecule has 118 valence electrons. The molecule has 0 aliphatic rings. The summed E-state index contributed by atoms with van der Waals surface area (Å²) in [4.78, 5) is 23.5. The summed E-state index contributed by atoms with van der Waals surface area (Å²) in [6, 6.07) is 7.36. The van der Waals surface area contributed by atoms with Crippen LogP contribution in [0, 0.1) is 0 Å². The van der Waals surface area contributed by atoms with Gasteiger partial charge in [-0.2, -0.15) is 0 Å². The van der Waals surface area contributed by atoms with Crippen LogP contribution in [0.4, 0.5) is 10.5 Å². The Hall–Kier alpha value is -1.78. The fourth-order valence-electron chi connectivity index (χ4n) is 1.98. The molecule has 0 saturated heterocycles. The molecular weight excluding hydrogens is 347 g/mol. The molecule has 0 aliphatic carbocycles. The van der Waals surface area contributed by atoms with Gasteiger partial charge in [-0.25, -0.2) is 0 Å². The summed E-state index contributed by atoms with van der Waals surface area (Å²) >= 11 is -0.0243. The summed E-state index contributed by atoms with van der Waals surface area (Å²) < 4.78 is 6.88. The molecule has 1 aromatic carbocycles. The number of hydrogen-bond acceptors (Lipinski definition) is 3. The Morgan fingerprint density at radius 2 is 2.05 bits per heavy atom. The van der Waals surface area contributed by atoms with Gasteiger partial charge < -0.3 is 0 Å². The van der Waals surface area contributed by atoms with Gasteiger partial charge in [0.15, 0.2) is 0 Å². The van der Waals surface area contributed by atoms with Gasteiger partial charge in [0.2, 0.25) is 0 Å². The summed E-state index contributed by atoms with van der Waals surface area (Å²) in [5.74, 6) is -0.245. The molecule has 0 bridgehead atoms. The van der Waals surface area contributed by atoms with Gasteiger partial charge in [-0.05, 0) is 0 Å². The van der Waals surface area contributed by atoms with E-state index in [1.165, 1.54) is 0 Å². The van der Waals surface area contributed by atoms with Crippen LogP contribution < -0.4 is 10.6 Å². The molecule has 1 aromatic heterocycles. The predicted octanol–water partition coefficient (Wildman–Crippen LogP) is 3.00. The second-order valence-electron chi connectivity index (χ2n) is 4.82. The zero-order valence-electron chi connectivity index (χ0n) is 12.8. The molecule has 0 atom stereocenters. The maximum absolute atomic E-state index is 11.8. The monoisotopic (exact) mass is 368 g/mol. The molecule has 2 amide bonds. The van der Waals surface area contributed by atoms with E-state index in [1.54, 1.807) is 6.92 Å². The van der Waals surface area contributed by atoms with Crippen LogP contribution in [0.15, 0.2) is 24.3 Å². The summed E-state index contributed by atoms with van der Waals surface area (Å²) in [7, 11) is 0. The number of nitrogens with one attached hydrogen (secondary N) is 2. The molecule has 0 radical (unpaired) electrons. The maximum atomic E-state index is 11.8. The third-order valence-electron chi connectivity index (χ3n) is 3.07. The number of fused-ring (bicyclic) bond motifs is 1. The van der Waals surface area contributed by atoms with Crippen LogP contribution in [0.1, 0.15) is 35.9 Å². The minimum absolute atomic E-state index is 0.0243. The van der Waals surface area contributed by atoms with Crippen molar-refractivity contribution in [2.24, 2.45) is 0 Å². The van der Waals surface area contributed by atoms with Gasteiger partial charge in [0, 0.05) is 0 Å². The molecule has 0 saturated carbocycles. The molecule has 0 spiro atoms. The first-order valence-electron chi connectivity index (χ1n) is 7.39. The number of anilines is 1. The van der Waals surface area contributed by atoms with Crippen molar-refractivity contribution < 1.29 is 14.3 Å². The van der Waals surface area contributed by atoms with Gasteiger partial charge in [-0.15, -0.1) is 0 Å². The third kappa shape index (κ3) is 4.36. The van der Waals surface area contributed by atoms with Crippen molar-refractivity contribution in [3.05, 3.63) is 28.7 Å². The van der Waals surface area contributed by atoms with Gasteiger partial charge >= 0.3 is 135 Å². The Morgan fingerprint density at radius 1 is 1.23 bits per heavy atom. The van der Waals surface area contributed by atoms with Crippen molar-refractivity contribution in [2.75, 3.05) is 18.5 Å². The summed E-state index contributed by atoms with van der Waals surface area (Å²) in [6.07, 6.45) is 2.01. The second kappa shape index (κ2) is 8.01. The van der Waals surface area contributed by atoms with Gasteiger partial charge in [0.25, 0.3) is 0 Å². The molecule has 0 aliphatic heterocycles. The van der Waals surface area contributed by atoms with Gasteiger partial charge in [0.05, 0.1) is 0 Å². The SMILES string of the molecule is CCCCNC(=O)Nc1ccc2[se]c(C(=O)OCC)cc2c1. The van der Waals surface area contributed by atoms with Crippen LogP contribution in [0.25, 0.3) is 9.65 Å². The van der Waals surface area contributed by atoms with Crippen LogP contribution in [-0.2, 0) is 4.74 Å². The quantitative estimate of drug-likeness (QED) is 0.469. The van der Waals surface area contributed by atoms with Crippen molar-refractivity contribution in [2.45, 2.75) is 26.7 Å². The van der Waals surface area contributed by atoms with Crippen LogP contribution in [0.3, 0.4) is 0 Å². The summed E-state index contributed by atoms with van der Waals surface area (Å²) in [5, 5.41) is 6.60. The van der Waals surface area contributed by atoms with E-state index in [0.29, 0.717) is 17.6 Å². The predicted molar refractivity (Wildman–Crippen MR) is 88.8 cm³/mol. The van der Waals surface area contributed by atoms with Gasteiger partial charge in [0.1, 0.15) is 0 Å². The van der Waals surface area contributed by atoms with Crippen molar-refractivity contribution >= 4 is 41.8 Å². The van der Waals surface area contributed by atoms with Crippen molar-refractivity contribution in [3.63, 3.8) is 0 Å². The third-order valence-corrected chi connectivity index (χ3v) is 5.37. The molecule has 22 heavy (non-hydrogen) atoms. The number of benzene rings is 1. The first kappa shape index (κ1) is 16.6. The van der Waals surface area contributed by atoms with E-state index >= 15 is 0 Å². The molecular formula is C16H20N2O3Se. The molecule has 2 N–H and O–H groups in total. The van der Waals surface area contributed by atoms with Crippen molar-refractivity contribution in [1.82, 2.24) is 5.32 Å². The van der Waals surface area contributed by atoms with Gasteiger partial charge in [-0.3, -0.25) is 0 Å². The summed E-state index contributed by atoms with van der Waals surface area (Å²) in [5.41, 5.74) is 0.727. The van der Waals surface area contributed by atoms with E-state index < -0.39 is 0 Å². The topological polar surface area (TPSA) is 67.4 Å². The van der Waals surface area contributed by atoms with Gasteiger partial charge in [-0.1, -0.05) is 0 Å². The standard InChI is InChI=1S/C16H20N2O3Se/c1-3-5-8-17-16(20)18-12-6-7-13-11(9-12)10-14(22-13)15(19)21-4-2/h6-7,9-10H,3-5,8H2,1-2H3,(H2,17,18,20). The number of carbonyl (C=O) groups excluding carboxylic acids is 2. The van der Waals surface area contributed by atoms with E-state index in [-0.39, 0.29) is 26.5 Å². The minimum atomic E-state index is -0.245. The average Bonchev–Trinajstić information content (AvgIpc) is 2.91. The molecule has 2 rings (SSSR count). The Labute approximate surface area is 135 Å². The fraction of sp³-hybridized carbons (Fsp3) is 0.375. The zero-order chi connectivity index (χ0) is 15.9. The first-order chi connectivity index (χ1) is 10.6. The zero-order valence-corrected chi connectivity index (χ0v) is 14.5. The first-order valence-corrected chi connectivity index (χ1v) is 9.11. The van der Waals surface area contributed by atoms with Crippen LogP contribution >= 0.6 is 0 Å². The van der Waals surface area contributed by atoms with Crippen LogP contribution in [-0.4, -0.2) is 39.7 Å². The van der Waals surface area contributed by atoms with Crippen LogP contribution in [0.2, 0.25) is 0 Å². The van der Waals surface area contributed by atoms with E-state index in [1.807, 2.05) is 24.3 Å². The summed E-state index contributed by atoms with van der Waals surface area (Å²) in [6.45, 7) is 4.93. The number of carbonyl (C=O) groups is 2. The number of ether oxygens (including phenoxy) is 1. The molecule has 1 heterocycles. The Bertz CT molecular complexity index is 666. The fourth-order valence-corrected chi connectivity index (χ4v) is 3.94. The van der Waals surface area contributed by atoms with Crippen molar-refractivity contribution in [3.8, 4) is 0 Å². The number of rotatable bonds is 6. The van der Waals surface area contributed by atoms with Crippen LogP contribution in [0.5, 0.6) is 0 Å². The molecule has 0 fully saturated rings.